The van der Waals surface area contributed by atoms with Crippen molar-refractivity contribution in [3.63, 3.8) is 0 Å². The molecular formula is C11H6Cl2N2O. The van der Waals surface area contributed by atoms with Crippen molar-refractivity contribution in [1.29, 1.82) is 5.26 Å². The smallest absolute Gasteiger partial charge is 0.139 e. The van der Waals surface area contributed by atoms with Crippen molar-refractivity contribution in [2.24, 2.45) is 0 Å². The molecular weight excluding hydrogens is 247 g/mol. The minimum atomic E-state index is 0.329. The predicted octanol–water partition coefficient (Wildman–Crippen LogP) is 3.42. The van der Waals surface area contributed by atoms with Gasteiger partial charge in [0, 0.05) is 11.6 Å². The van der Waals surface area contributed by atoms with Crippen LogP contribution in [0.15, 0.2) is 18.3 Å². The van der Waals surface area contributed by atoms with Crippen LogP contribution in [0, 0.1) is 11.3 Å². The summed E-state index contributed by atoms with van der Waals surface area (Å²) in [7, 11) is 1.53. The van der Waals surface area contributed by atoms with Crippen molar-refractivity contribution in [2.45, 2.75) is 0 Å². The number of benzene rings is 1. The van der Waals surface area contributed by atoms with E-state index in [9.17, 15) is 0 Å². The molecule has 0 radical (unpaired) electrons. The topological polar surface area (TPSA) is 45.9 Å². The van der Waals surface area contributed by atoms with E-state index >= 15 is 0 Å². The lowest BCUT2D eigenvalue weighted by molar-refractivity contribution is 0.415. The van der Waals surface area contributed by atoms with Crippen LogP contribution in [0.4, 0.5) is 0 Å². The number of nitriles is 1. The monoisotopic (exact) mass is 252 g/mol. The fourth-order valence-electron chi connectivity index (χ4n) is 1.42. The molecule has 80 valence electrons. The Balaban J connectivity index is 2.85. The number of nitrogens with zero attached hydrogens (tertiary/aromatic N) is 2. The highest BCUT2D eigenvalue weighted by molar-refractivity contribution is 6.40. The number of fused-ring (bicyclic) bond motifs is 1. The van der Waals surface area contributed by atoms with E-state index in [-0.39, 0.29) is 0 Å². The first-order valence-corrected chi connectivity index (χ1v) is 5.15. The van der Waals surface area contributed by atoms with E-state index < -0.39 is 0 Å². The molecule has 3 nitrogen and oxygen atoms in total. The first-order valence-electron chi connectivity index (χ1n) is 4.40. The average Bonchev–Trinajstić information content (AvgIpc) is 2.31. The molecule has 0 aliphatic rings. The number of aromatic nitrogens is 1. The van der Waals surface area contributed by atoms with Gasteiger partial charge in [-0.15, -0.1) is 0 Å². The molecule has 0 fully saturated rings. The minimum Gasteiger partial charge on any atom is -0.495 e. The summed E-state index contributed by atoms with van der Waals surface area (Å²) >= 11 is 12.1. The van der Waals surface area contributed by atoms with Gasteiger partial charge >= 0.3 is 0 Å². The van der Waals surface area contributed by atoms with Crippen LogP contribution in [0.5, 0.6) is 5.75 Å². The van der Waals surface area contributed by atoms with Crippen LogP contribution in [0.1, 0.15) is 5.56 Å². The third-order valence-electron chi connectivity index (χ3n) is 2.22. The number of methoxy groups -OCH3 is 1. The average molecular weight is 253 g/mol. The highest BCUT2D eigenvalue weighted by Crippen LogP contribution is 2.35. The fraction of sp³-hybridized carbons (Fsp3) is 0.0909. The molecule has 16 heavy (non-hydrogen) atoms. The third kappa shape index (κ3) is 1.57. The van der Waals surface area contributed by atoms with Crippen LogP contribution in [0.25, 0.3) is 10.9 Å². The van der Waals surface area contributed by atoms with Gasteiger partial charge in [-0.3, -0.25) is 4.98 Å². The first kappa shape index (κ1) is 11.0. The fourth-order valence-corrected chi connectivity index (χ4v) is 1.95. The number of hydrogen-bond donors (Lipinski definition) is 0. The molecule has 1 aromatic heterocycles. The number of halogens is 2. The van der Waals surface area contributed by atoms with E-state index in [2.05, 4.69) is 4.98 Å². The van der Waals surface area contributed by atoms with Gasteiger partial charge in [0.2, 0.25) is 0 Å². The van der Waals surface area contributed by atoms with Crippen LogP contribution in [0.2, 0.25) is 10.0 Å². The van der Waals surface area contributed by atoms with Crippen molar-refractivity contribution in [1.82, 2.24) is 4.98 Å². The van der Waals surface area contributed by atoms with Gasteiger partial charge in [-0.2, -0.15) is 5.26 Å². The summed E-state index contributed by atoms with van der Waals surface area (Å²) in [6.07, 6.45) is 1.40. The molecule has 0 saturated carbocycles. The van der Waals surface area contributed by atoms with Crippen molar-refractivity contribution < 1.29 is 4.74 Å². The molecule has 0 amide bonds. The molecule has 1 heterocycles. The molecule has 0 aliphatic carbocycles. The van der Waals surface area contributed by atoms with Crippen molar-refractivity contribution >= 4 is 34.1 Å². The van der Waals surface area contributed by atoms with E-state index in [1.807, 2.05) is 6.07 Å². The van der Waals surface area contributed by atoms with Gasteiger partial charge in [-0.05, 0) is 12.1 Å². The summed E-state index contributed by atoms with van der Waals surface area (Å²) in [5, 5.41) is 10.2. The van der Waals surface area contributed by atoms with Crippen molar-refractivity contribution in [3.05, 3.63) is 33.9 Å². The zero-order valence-electron chi connectivity index (χ0n) is 8.29. The second-order valence-corrected chi connectivity index (χ2v) is 3.83. The number of pyridine rings is 1. The molecule has 0 spiro atoms. The Morgan fingerprint density at radius 3 is 2.69 bits per heavy atom. The van der Waals surface area contributed by atoms with E-state index in [0.717, 1.165) is 0 Å². The van der Waals surface area contributed by atoms with Crippen LogP contribution in [-0.4, -0.2) is 12.1 Å². The zero-order chi connectivity index (χ0) is 11.7. The maximum Gasteiger partial charge on any atom is 0.139 e. The lowest BCUT2D eigenvalue weighted by atomic mass is 10.1. The normalized spacial score (nSPS) is 10.1. The lowest BCUT2D eigenvalue weighted by Gasteiger charge is -2.07. The molecule has 1 aromatic carbocycles. The Morgan fingerprint density at radius 1 is 1.31 bits per heavy atom. The summed E-state index contributed by atoms with van der Waals surface area (Å²) in [5.74, 6) is 0.530. The first-order chi connectivity index (χ1) is 7.69. The van der Waals surface area contributed by atoms with E-state index in [1.165, 1.54) is 13.3 Å². The van der Waals surface area contributed by atoms with Gasteiger partial charge in [0.25, 0.3) is 0 Å². The highest BCUT2D eigenvalue weighted by atomic mass is 35.5. The Kier molecular flexibility index (Phi) is 2.86. The second kappa shape index (κ2) is 4.17. The summed E-state index contributed by atoms with van der Waals surface area (Å²) in [6, 6.07) is 5.39. The Morgan fingerprint density at radius 2 is 2.06 bits per heavy atom. The SMILES string of the molecule is COc1ccc2c(Cl)c(C#N)cnc2c1Cl. The van der Waals surface area contributed by atoms with Gasteiger partial charge in [-0.1, -0.05) is 23.2 Å². The molecule has 0 bridgehead atoms. The maximum atomic E-state index is 8.82. The summed E-state index contributed by atoms with van der Waals surface area (Å²) < 4.78 is 5.07. The van der Waals surface area contributed by atoms with Gasteiger partial charge in [0.15, 0.2) is 0 Å². The second-order valence-electron chi connectivity index (χ2n) is 3.08. The molecule has 0 saturated heterocycles. The Labute approximate surface area is 102 Å². The summed E-state index contributed by atoms with van der Waals surface area (Å²) in [4.78, 5) is 4.10. The Hall–Kier alpha value is -1.50. The number of ether oxygens (including phenoxy) is 1. The van der Waals surface area contributed by atoms with E-state index in [0.29, 0.717) is 32.3 Å². The molecule has 2 rings (SSSR count). The van der Waals surface area contributed by atoms with Crippen LogP contribution >= 0.6 is 23.2 Å². The van der Waals surface area contributed by atoms with Gasteiger partial charge < -0.3 is 4.74 Å². The molecule has 0 unspecified atom stereocenters. The quantitative estimate of drug-likeness (QED) is 0.782. The Bertz CT molecular complexity index is 605. The number of hydrogen-bond acceptors (Lipinski definition) is 3. The zero-order valence-corrected chi connectivity index (χ0v) is 9.80. The summed E-state index contributed by atoms with van der Waals surface area (Å²) in [5.41, 5.74) is 0.861. The van der Waals surface area contributed by atoms with E-state index in [4.69, 9.17) is 33.2 Å². The third-order valence-corrected chi connectivity index (χ3v) is 2.99. The summed E-state index contributed by atoms with van der Waals surface area (Å²) in [6.45, 7) is 0. The van der Waals surface area contributed by atoms with Gasteiger partial charge in [0.1, 0.15) is 16.8 Å². The molecule has 5 heteroatoms. The number of rotatable bonds is 1. The van der Waals surface area contributed by atoms with Crippen LogP contribution < -0.4 is 4.74 Å². The largest absolute Gasteiger partial charge is 0.495 e. The highest BCUT2D eigenvalue weighted by Gasteiger charge is 2.12. The lowest BCUT2D eigenvalue weighted by Crippen LogP contribution is -1.89. The standard InChI is InChI=1S/C11H6Cl2N2O/c1-16-8-3-2-7-9(12)6(4-14)5-15-11(7)10(8)13/h2-3,5H,1H3. The molecule has 0 N–H and O–H groups in total. The van der Waals surface area contributed by atoms with Crippen LogP contribution in [-0.2, 0) is 0 Å². The molecule has 0 aliphatic heterocycles. The van der Waals surface area contributed by atoms with Gasteiger partial charge in [0.05, 0.1) is 23.2 Å². The molecule has 0 atom stereocenters. The maximum absolute atomic E-state index is 8.82. The van der Waals surface area contributed by atoms with E-state index in [1.54, 1.807) is 12.1 Å². The molecule has 2 aromatic rings. The van der Waals surface area contributed by atoms with Crippen molar-refractivity contribution in [3.8, 4) is 11.8 Å². The van der Waals surface area contributed by atoms with Gasteiger partial charge in [-0.25, -0.2) is 0 Å². The van der Waals surface area contributed by atoms with Crippen molar-refractivity contribution in [2.75, 3.05) is 7.11 Å². The van der Waals surface area contributed by atoms with Crippen LogP contribution in [0.3, 0.4) is 0 Å². The minimum absolute atomic E-state index is 0.329. The predicted molar refractivity (Wildman–Crippen MR) is 63.0 cm³/mol.